The second kappa shape index (κ2) is 11.6. The summed E-state index contributed by atoms with van der Waals surface area (Å²) in [6.45, 7) is 24.7. The SMILES string of the molecule is CCO[C@@H]([C@H]1C[C@@H](C)[C@H]2[C@H](O1)[C@H](O)[C@@]1(C)[C@@H]3CC[C@H]4C(C)(C)[C@@H](O[C@H]5CN(CC6CNC6)CCO5)CC[C@@]45CC35CC[C@]21C)C(C)(C)O. The molecule has 3 N–H and O–H groups in total. The first-order chi connectivity index (χ1) is 22.6. The molecule has 8 heteroatoms. The van der Waals surface area contributed by atoms with Crippen LogP contribution in [0.2, 0.25) is 0 Å². The van der Waals surface area contributed by atoms with E-state index in [1.165, 1.54) is 38.5 Å². The highest BCUT2D eigenvalue weighted by Crippen LogP contribution is 2.89. The van der Waals surface area contributed by atoms with Crippen molar-refractivity contribution in [3.63, 3.8) is 0 Å². The quantitative estimate of drug-likeness (QED) is 0.323. The van der Waals surface area contributed by atoms with E-state index in [1.807, 2.05) is 20.8 Å². The number of fused-ring (bicyclic) bond motifs is 4. The summed E-state index contributed by atoms with van der Waals surface area (Å²) in [7, 11) is 0. The number of aliphatic hydroxyl groups excluding tert-OH is 1. The smallest absolute Gasteiger partial charge is 0.170 e. The number of ether oxygens (including phenoxy) is 4. The molecule has 3 heterocycles. The molecule has 2 spiro atoms. The van der Waals surface area contributed by atoms with Gasteiger partial charge in [-0.25, -0.2) is 0 Å². The fraction of sp³-hybridized carbons (Fsp3) is 1.00. The number of morpholine rings is 1. The van der Waals surface area contributed by atoms with Gasteiger partial charge in [0.15, 0.2) is 6.29 Å². The fourth-order valence-electron chi connectivity index (χ4n) is 14.6. The van der Waals surface area contributed by atoms with Gasteiger partial charge in [0, 0.05) is 44.7 Å². The standard InChI is InChI=1S/C40H68N2O6/c1-9-45-34(36(5,6)44)26-18-24(2)31-32(47-26)33(43)38(8)28-11-10-27-35(3,4)29(12-13-39(27)23-40(28,39)15-14-37(31,38)7)48-30-22-42(16-17-46-30)21-25-19-41-20-25/h24-34,41,43-44H,9-23H2,1-8H3/t24-,26-,27+,28+,29+,30+,31+,32+,33+,34+,37-,38-,39-,40?/m1/s1. The third-order valence-corrected chi connectivity index (χ3v) is 17.0. The van der Waals surface area contributed by atoms with Crippen LogP contribution in [0.5, 0.6) is 0 Å². The molecule has 1 unspecified atom stereocenters. The molecule has 274 valence electrons. The second-order valence-corrected chi connectivity index (χ2v) is 19.8. The van der Waals surface area contributed by atoms with Crippen molar-refractivity contribution in [1.82, 2.24) is 10.2 Å². The molecule has 8 aliphatic rings. The monoisotopic (exact) mass is 673 g/mol. The number of nitrogens with one attached hydrogen (secondary N) is 1. The zero-order chi connectivity index (χ0) is 34.1. The van der Waals surface area contributed by atoms with Gasteiger partial charge in [-0.1, -0.05) is 34.6 Å². The Morgan fingerprint density at radius 3 is 2.44 bits per heavy atom. The van der Waals surface area contributed by atoms with Crippen LogP contribution in [-0.2, 0) is 18.9 Å². The fourth-order valence-corrected chi connectivity index (χ4v) is 14.6. The minimum absolute atomic E-state index is 0.0272. The number of aliphatic hydroxyl groups is 2. The largest absolute Gasteiger partial charge is 0.390 e. The number of hydrogen-bond acceptors (Lipinski definition) is 8. The van der Waals surface area contributed by atoms with Crippen LogP contribution >= 0.6 is 0 Å². The van der Waals surface area contributed by atoms with Gasteiger partial charge >= 0.3 is 0 Å². The van der Waals surface area contributed by atoms with Crippen molar-refractivity contribution >= 4 is 0 Å². The molecule has 3 aliphatic heterocycles. The van der Waals surface area contributed by atoms with Gasteiger partial charge in [0.25, 0.3) is 0 Å². The van der Waals surface area contributed by atoms with Crippen molar-refractivity contribution < 1.29 is 29.2 Å². The molecule has 8 fully saturated rings. The van der Waals surface area contributed by atoms with Crippen LogP contribution in [0.25, 0.3) is 0 Å². The lowest BCUT2D eigenvalue weighted by atomic mass is 9.41. The van der Waals surface area contributed by atoms with Gasteiger partial charge in [-0.05, 0) is 123 Å². The summed E-state index contributed by atoms with van der Waals surface area (Å²) in [5.41, 5.74) is -0.397. The average Bonchev–Trinajstić information content (AvgIpc) is 3.63. The van der Waals surface area contributed by atoms with E-state index in [4.69, 9.17) is 18.9 Å². The van der Waals surface area contributed by atoms with E-state index >= 15 is 0 Å². The highest BCUT2D eigenvalue weighted by Gasteiger charge is 2.84. The van der Waals surface area contributed by atoms with Crippen molar-refractivity contribution in [3.8, 4) is 0 Å². The molecule has 8 rings (SSSR count). The third kappa shape index (κ3) is 4.74. The summed E-state index contributed by atoms with van der Waals surface area (Å²) >= 11 is 0. The maximum Gasteiger partial charge on any atom is 0.170 e. The highest BCUT2D eigenvalue weighted by molar-refractivity contribution is 5.33. The van der Waals surface area contributed by atoms with E-state index in [0.29, 0.717) is 41.1 Å². The van der Waals surface area contributed by atoms with Crippen LogP contribution in [0.1, 0.15) is 107 Å². The molecule has 5 saturated carbocycles. The Morgan fingerprint density at radius 2 is 1.75 bits per heavy atom. The van der Waals surface area contributed by atoms with Gasteiger partial charge in [-0.15, -0.1) is 0 Å². The second-order valence-electron chi connectivity index (χ2n) is 19.8. The van der Waals surface area contributed by atoms with Crippen LogP contribution in [0, 0.1) is 56.7 Å². The van der Waals surface area contributed by atoms with Crippen molar-refractivity contribution in [2.45, 2.75) is 149 Å². The molecule has 14 atom stereocenters. The maximum atomic E-state index is 12.6. The Morgan fingerprint density at radius 1 is 1.02 bits per heavy atom. The highest BCUT2D eigenvalue weighted by atomic mass is 16.7. The molecular formula is C40H68N2O6. The summed E-state index contributed by atoms with van der Waals surface area (Å²) in [6, 6.07) is 0. The first-order valence-electron chi connectivity index (χ1n) is 20.0. The first kappa shape index (κ1) is 34.7. The maximum absolute atomic E-state index is 12.6. The Bertz CT molecular complexity index is 1220. The predicted molar refractivity (Wildman–Crippen MR) is 185 cm³/mol. The van der Waals surface area contributed by atoms with Gasteiger partial charge in [0.1, 0.15) is 6.10 Å². The Kier molecular flexibility index (Phi) is 8.39. The van der Waals surface area contributed by atoms with Crippen molar-refractivity contribution in [2.24, 2.45) is 56.7 Å². The molecule has 0 aromatic heterocycles. The number of rotatable bonds is 8. The summed E-state index contributed by atoms with van der Waals surface area (Å²) in [6.07, 6.45) is 8.20. The summed E-state index contributed by atoms with van der Waals surface area (Å²) in [5.74, 6) is 2.64. The molecule has 3 saturated heterocycles. The van der Waals surface area contributed by atoms with Gasteiger partial charge in [0.2, 0.25) is 0 Å². The predicted octanol–water partition coefficient (Wildman–Crippen LogP) is 5.24. The zero-order valence-corrected chi connectivity index (χ0v) is 31.4. The Balaban J connectivity index is 1.01. The molecule has 0 radical (unpaired) electrons. The summed E-state index contributed by atoms with van der Waals surface area (Å²) in [5, 5.41) is 27.1. The van der Waals surface area contributed by atoms with Crippen LogP contribution in [0.3, 0.4) is 0 Å². The first-order valence-corrected chi connectivity index (χ1v) is 20.0. The molecule has 0 aromatic rings. The van der Waals surface area contributed by atoms with E-state index in [1.54, 1.807) is 0 Å². The van der Waals surface area contributed by atoms with Crippen molar-refractivity contribution in [2.75, 3.05) is 45.9 Å². The average molecular weight is 673 g/mol. The van der Waals surface area contributed by atoms with Gasteiger partial charge < -0.3 is 34.5 Å². The molecule has 8 nitrogen and oxygen atoms in total. The lowest BCUT2D eigenvalue weighted by Crippen LogP contribution is -2.60. The normalized spacial score (nSPS) is 52.2. The molecule has 0 aromatic carbocycles. The minimum atomic E-state index is -1.01. The number of hydrogen-bond donors (Lipinski definition) is 3. The van der Waals surface area contributed by atoms with Crippen molar-refractivity contribution in [1.29, 1.82) is 0 Å². The Hall–Kier alpha value is -0.320. The Labute approximate surface area is 290 Å². The summed E-state index contributed by atoms with van der Waals surface area (Å²) < 4.78 is 26.3. The van der Waals surface area contributed by atoms with Crippen LogP contribution in [0.4, 0.5) is 0 Å². The van der Waals surface area contributed by atoms with E-state index in [2.05, 4.69) is 44.8 Å². The van der Waals surface area contributed by atoms with Crippen LogP contribution < -0.4 is 5.32 Å². The van der Waals surface area contributed by atoms with Crippen LogP contribution in [0.15, 0.2) is 0 Å². The lowest BCUT2D eigenvalue weighted by molar-refractivity contribution is -0.249. The van der Waals surface area contributed by atoms with Gasteiger partial charge in [-0.2, -0.15) is 0 Å². The van der Waals surface area contributed by atoms with E-state index in [-0.39, 0.29) is 40.8 Å². The van der Waals surface area contributed by atoms with E-state index in [9.17, 15) is 10.2 Å². The molecular weight excluding hydrogens is 604 g/mol. The molecule has 0 amide bonds. The topological polar surface area (TPSA) is 92.7 Å². The van der Waals surface area contributed by atoms with Gasteiger partial charge in [0.05, 0.1) is 36.6 Å². The van der Waals surface area contributed by atoms with Gasteiger partial charge in [-0.3, -0.25) is 4.90 Å². The van der Waals surface area contributed by atoms with Crippen molar-refractivity contribution in [3.05, 3.63) is 0 Å². The summed E-state index contributed by atoms with van der Waals surface area (Å²) in [4.78, 5) is 2.57. The minimum Gasteiger partial charge on any atom is -0.390 e. The molecule has 0 bridgehead atoms. The molecule has 5 aliphatic carbocycles. The van der Waals surface area contributed by atoms with E-state index < -0.39 is 17.8 Å². The van der Waals surface area contributed by atoms with E-state index in [0.717, 1.165) is 58.1 Å². The van der Waals surface area contributed by atoms with Crippen LogP contribution in [-0.4, -0.2) is 103 Å². The lowest BCUT2D eigenvalue weighted by Gasteiger charge is -2.64. The zero-order valence-electron chi connectivity index (χ0n) is 31.4. The third-order valence-electron chi connectivity index (χ3n) is 17.0. The molecule has 48 heavy (non-hydrogen) atoms. The number of nitrogens with zero attached hydrogens (tertiary/aromatic N) is 1.